The molecule has 4 nitrogen and oxygen atoms in total. The molecule has 0 saturated heterocycles. The zero-order chi connectivity index (χ0) is 14.4. The molecule has 4 rings (SSSR count). The molecule has 0 saturated carbocycles. The first-order chi connectivity index (χ1) is 10.2. The Morgan fingerprint density at radius 1 is 1.14 bits per heavy atom. The molecule has 21 heavy (non-hydrogen) atoms. The van der Waals surface area contributed by atoms with Gasteiger partial charge in [0.25, 0.3) is 5.91 Å². The van der Waals surface area contributed by atoms with E-state index < -0.39 is 5.54 Å². The molecule has 104 valence electrons. The SMILES string of the molecule is O=C1Nc2ccc(F)cc2[C@@]12CC(c1ccccc1)=NN2. The molecule has 0 aromatic heterocycles. The topological polar surface area (TPSA) is 53.5 Å². The van der Waals surface area contributed by atoms with Crippen molar-refractivity contribution in [2.24, 2.45) is 5.10 Å². The maximum absolute atomic E-state index is 13.5. The second-order valence-corrected chi connectivity index (χ2v) is 5.26. The van der Waals surface area contributed by atoms with Gasteiger partial charge < -0.3 is 5.32 Å². The van der Waals surface area contributed by atoms with Crippen LogP contribution in [0.5, 0.6) is 0 Å². The zero-order valence-corrected chi connectivity index (χ0v) is 11.1. The average molecular weight is 281 g/mol. The van der Waals surface area contributed by atoms with Crippen LogP contribution in [0.2, 0.25) is 0 Å². The van der Waals surface area contributed by atoms with Crippen LogP contribution in [0.4, 0.5) is 10.1 Å². The number of halogens is 1. The molecular formula is C16H12FN3O. The summed E-state index contributed by atoms with van der Waals surface area (Å²) in [6.07, 6.45) is 0.402. The molecule has 2 aromatic rings. The van der Waals surface area contributed by atoms with Gasteiger partial charge in [-0.15, -0.1) is 0 Å². The number of anilines is 1. The average Bonchev–Trinajstić information content (AvgIpc) is 3.06. The Hall–Kier alpha value is -2.69. The Morgan fingerprint density at radius 2 is 1.95 bits per heavy atom. The number of carbonyl (C=O) groups is 1. The largest absolute Gasteiger partial charge is 0.323 e. The number of carbonyl (C=O) groups excluding carboxylic acids is 1. The molecule has 0 radical (unpaired) electrons. The van der Waals surface area contributed by atoms with Crippen LogP contribution in [0.25, 0.3) is 0 Å². The number of amides is 1. The summed E-state index contributed by atoms with van der Waals surface area (Å²) in [7, 11) is 0. The van der Waals surface area contributed by atoms with Gasteiger partial charge in [-0.05, 0) is 23.8 Å². The molecule has 2 aromatic carbocycles. The van der Waals surface area contributed by atoms with Crippen molar-refractivity contribution in [3.63, 3.8) is 0 Å². The number of rotatable bonds is 1. The summed E-state index contributed by atoms with van der Waals surface area (Å²) >= 11 is 0. The Kier molecular flexibility index (Phi) is 2.39. The van der Waals surface area contributed by atoms with Crippen LogP contribution in [-0.4, -0.2) is 11.6 Å². The zero-order valence-electron chi connectivity index (χ0n) is 11.1. The highest BCUT2D eigenvalue weighted by Crippen LogP contribution is 2.41. The number of benzene rings is 2. The third kappa shape index (κ3) is 1.67. The summed E-state index contributed by atoms with van der Waals surface area (Å²) in [5, 5.41) is 7.09. The number of hydrogen-bond donors (Lipinski definition) is 2. The molecule has 0 aliphatic carbocycles. The molecule has 1 spiro atoms. The van der Waals surface area contributed by atoms with Gasteiger partial charge in [-0.3, -0.25) is 10.2 Å². The third-order valence-corrected chi connectivity index (χ3v) is 4.00. The predicted molar refractivity (Wildman–Crippen MR) is 77.4 cm³/mol. The van der Waals surface area contributed by atoms with Gasteiger partial charge in [0.1, 0.15) is 5.82 Å². The van der Waals surface area contributed by atoms with E-state index in [1.165, 1.54) is 12.1 Å². The highest BCUT2D eigenvalue weighted by atomic mass is 19.1. The van der Waals surface area contributed by atoms with Crippen LogP contribution in [0, 0.1) is 5.82 Å². The van der Waals surface area contributed by atoms with Crippen LogP contribution >= 0.6 is 0 Å². The van der Waals surface area contributed by atoms with Gasteiger partial charge in [0.2, 0.25) is 0 Å². The Balaban J connectivity index is 1.76. The van der Waals surface area contributed by atoms with E-state index in [-0.39, 0.29) is 11.7 Å². The first kappa shape index (κ1) is 12.1. The van der Waals surface area contributed by atoms with Gasteiger partial charge in [-0.1, -0.05) is 30.3 Å². The monoisotopic (exact) mass is 281 g/mol. The summed E-state index contributed by atoms with van der Waals surface area (Å²) < 4.78 is 13.5. The van der Waals surface area contributed by atoms with Crippen molar-refractivity contribution >= 4 is 17.3 Å². The van der Waals surface area contributed by atoms with Gasteiger partial charge in [-0.2, -0.15) is 5.10 Å². The van der Waals surface area contributed by atoms with Crippen LogP contribution in [0.1, 0.15) is 17.5 Å². The van der Waals surface area contributed by atoms with Crippen molar-refractivity contribution in [1.82, 2.24) is 5.43 Å². The molecule has 1 amide bonds. The number of hydrazone groups is 1. The Labute approximate surface area is 120 Å². The molecule has 2 aliphatic heterocycles. The molecule has 5 heteroatoms. The number of nitrogens with one attached hydrogen (secondary N) is 2. The van der Waals surface area contributed by atoms with E-state index in [0.717, 1.165) is 11.3 Å². The fraction of sp³-hybridized carbons (Fsp3) is 0.125. The maximum atomic E-state index is 13.5. The fourth-order valence-corrected chi connectivity index (χ4v) is 2.91. The van der Waals surface area contributed by atoms with Gasteiger partial charge >= 0.3 is 0 Å². The first-order valence-electron chi connectivity index (χ1n) is 6.70. The number of fused-ring (bicyclic) bond motifs is 2. The highest BCUT2D eigenvalue weighted by molar-refractivity contribution is 6.13. The molecule has 2 N–H and O–H groups in total. The Bertz CT molecular complexity index is 772. The number of hydrogen-bond acceptors (Lipinski definition) is 3. The Morgan fingerprint density at radius 3 is 2.76 bits per heavy atom. The molecule has 2 heterocycles. The molecule has 1 atom stereocenters. The standard InChI is InChI=1S/C16H12FN3O/c17-11-6-7-13-12(8-11)16(15(21)18-13)9-14(19-20-16)10-4-2-1-3-5-10/h1-8,20H,9H2,(H,18,21)/t16-/m0/s1. The van der Waals surface area contributed by atoms with E-state index in [0.29, 0.717) is 17.7 Å². The van der Waals surface area contributed by atoms with Crippen LogP contribution in [-0.2, 0) is 10.3 Å². The van der Waals surface area contributed by atoms with E-state index in [1.54, 1.807) is 6.07 Å². The second kappa shape index (κ2) is 4.15. The minimum atomic E-state index is -0.997. The predicted octanol–water partition coefficient (Wildman–Crippen LogP) is 2.37. The molecular weight excluding hydrogens is 269 g/mol. The fourth-order valence-electron chi connectivity index (χ4n) is 2.91. The van der Waals surface area contributed by atoms with E-state index in [1.807, 2.05) is 30.3 Å². The van der Waals surface area contributed by atoms with Crippen molar-refractivity contribution in [3.8, 4) is 0 Å². The second-order valence-electron chi connectivity index (χ2n) is 5.26. The summed E-state index contributed by atoms with van der Waals surface area (Å²) in [5.74, 6) is -0.558. The summed E-state index contributed by atoms with van der Waals surface area (Å²) in [6.45, 7) is 0. The van der Waals surface area contributed by atoms with Crippen molar-refractivity contribution in [3.05, 3.63) is 65.5 Å². The van der Waals surface area contributed by atoms with E-state index in [2.05, 4.69) is 15.8 Å². The third-order valence-electron chi connectivity index (χ3n) is 4.00. The first-order valence-corrected chi connectivity index (χ1v) is 6.70. The van der Waals surface area contributed by atoms with Gasteiger partial charge in [-0.25, -0.2) is 4.39 Å². The van der Waals surface area contributed by atoms with Crippen molar-refractivity contribution in [1.29, 1.82) is 0 Å². The highest BCUT2D eigenvalue weighted by Gasteiger charge is 2.50. The lowest BCUT2D eigenvalue weighted by Gasteiger charge is -2.20. The van der Waals surface area contributed by atoms with E-state index >= 15 is 0 Å². The van der Waals surface area contributed by atoms with Gasteiger partial charge in [0.15, 0.2) is 5.54 Å². The van der Waals surface area contributed by atoms with Crippen LogP contribution in [0.3, 0.4) is 0 Å². The summed E-state index contributed by atoms with van der Waals surface area (Å²) in [5.41, 5.74) is 4.93. The summed E-state index contributed by atoms with van der Waals surface area (Å²) in [6, 6.07) is 14.0. The quantitative estimate of drug-likeness (QED) is 0.843. The minimum absolute atomic E-state index is 0.196. The van der Waals surface area contributed by atoms with Crippen molar-refractivity contribution in [2.45, 2.75) is 12.0 Å². The molecule has 0 unspecified atom stereocenters. The van der Waals surface area contributed by atoms with Gasteiger partial charge in [0, 0.05) is 17.7 Å². The van der Waals surface area contributed by atoms with E-state index in [4.69, 9.17) is 0 Å². The lowest BCUT2D eigenvalue weighted by molar-refractivity contribution is -0.121. The summed E-state index contributed by atoms with van der Waals surface area (Å²) in [4.78, 5) is 12.4. The lowest BCUT2D eigenvalue weighted by Crippen LogP contribution is -2.42. The molecule has 0 bridgehead atoms. The lowest BCUT2D eigenvalue weighted by atomic mass is 9.86. The molecule has 0 fully saturated rings. The van der Waals surface area contributed by atoms with Crippen LogP contribution < -0.4 is 10.7 Å². The smallest absolute Gasteiger partial charge is 0.256 e. The van der Waals surface area contributed by atoms with Crippen molar-refractivity contribution in [2.75, 3.05) is 5.32 Å². The van der Waals surface area contributed by atoms with Crippen LogP contribution in [0.15, 0.2) is 53.6 Å². The van der Waals surface area contributed by atoms with E-state index in [9.17, 15) is 9.18 Å². The van der Waals surface area contributed by atoms with Gasteiger partial charge in [0.05, 0.1) is 5.71 Å². The van der Waals surface area contributed by atoms with Crippen molar-refractivity contribution < 1.29 is 9.18 Å². The normalized spacial score (nSPS) is 22.7. The molecule has 2 aliphatic rings. The maximum Gasteiger partial charge on any atom is 0.256 e. The number of nitrogens with zero attached hydrogens (tertiary/aromatic N) is 1. The minimum Gasteiger partial charge on any atom is -0.323 e.